The number of urea groups is 1. The van der Waals surface area contributed by atoms with E-state index in [1.807, 2.05) is 0 Å². The van der Waals surface area contributed by atoms with Crippen LogP contribution in [0.25, 0.3) is 0 Å². The van der Waals surface area contributed by atoms with Crippen LogP contribution in [0.5, 0.6) is 23.3 Å². The Labute approximate surface area is 284 Å². The molecular formula is C27H24ClF3N6O10S2. The van der Waals surface area contributed by atoms with Crippen molar-refractivity contribution in [1.82, 2.24) is 19.7 Å². The SMILES string of the molecule is CCOc1cc(Oc2ccc(C(F)(F)F)cc2Cl)ccc1[N+](=O)[O-].COC(=O)c1sccc1S(=O)(=O)NC(=O)Nc1nc(C)nc(OC)n1. The highest BCUT2D eigenvalue weighted by Crippen LogP contribution is 2.38. The molecule has 0 bridgehead atoms. The number of methoxy groups -OCH3 is 2. The van der Waals surface area contributed by atoms with Crippen LogP contribution < -0.4 is 24.2 Å². The minimum atomic E-state index is -4.52. The van der Waals surface area contributed by atoms with Gasteiger partial charge in [-0.2, -0.15) is 28.1 Å². The molecule has 2 aromatic carbocycles. The quantitative estimate of drug-likeness (QED) is 0.108. The fraction of sp³-hybridized carbons (Fsp3) is 0.222. The first kappa shape index (κ1) is 38.2. The molecule has 16 nitrogen and oxygen atoms in total. The second kappa shape index (κ2) is 16.2. The summed E-state index contributed by atoms with van der Waals surface area (Å²) in [7, 11) is -1.86. The fourth-order valence-electron chi connectivity index (χ4n) is 3.53. The maximum absolute atomic E-state index is 12.6. The molecule has 0 unspecified atom stereocenters. The number of ether oxygens (including phenoxy) is 4. The second-order valence-corrected chi connectivity index (χ2v) is 11.9. The monoisotopic (exact) mass is 748 g/mol. The highest BCUT2D eigenvalue weighted by molar-refractivity contribution is 7.90. The van der Waals surface area contributed by atoms with Gasteiger partial charge in [0, 0.05) is 12.1 Å². The zero-order valence-corrected chi connectivity index (χ0v) is 27.9. The van der Waals surface area contributed by atoms with E-state index >= 15 is 0 Å². The number of hydrogen-bond donors (Lipinski definition) is 2. The van der Waals surface area contributed by atoms with Crippen LogP contribution in [0.2, 0.25) is 5.02 Å². The van der Waals surface area contributed by atoms with Gasteiger partial charge in [0.15, 0.2) is 0 Å². The molecule has 0 atom stereocenters. The van der Waals surface area contributed by atoms with Crippen LogP contribution in [0.4, 0.5) is 29.6 Å². The summed E-state index contributed by atoms with van der Waals surface area (Å²) in [6.07, 6.45) is -4.52. The number of rotatable bonds is 10. The van der Waals surface area contributed by atoms with Gasteiger partial charge >= 0.3 is 29.9 Å². The van der Waals surface area contributed by atoms with E-state index in [2.05, 4.69) is 25.0 Å². The number of nitrogens with zero attached hydrogens (tertiary/aromatic N) is 4. The normalized spacial score (nSPS) is 11.0. The van der Waals surface area contributed by atoms with E-state index in [0.29, 0.717) is 0 Å². The van der Waals surface area contributed by atoms with Crippen LogP contribution in [0.15, 0.2) is 52.7 Å². The Morgan fingerprint density at radius 2 is 1.78 bits per heavy atom. The largest absolute Gasteiger partial charge is 0.487 e. The van der Waals surface area contributed by atoms with Gasteiger partial charge < -0.3 is 18.9 Å². The number of carbonyl (C=O) groups excluding carboxylic acids is 2. The van der Waals surface area contributed by atoms with Crippen molar-refractivity contribution in [3.8, 4) is 23.3 Å². The molecule has 2 amide bonds. The number of nitro groups is 1. The van der Waals surface area contributed by atoms with Gasteiger partial charge in [-0.25, -0.2) is 22.7 Å². The van der Waals surface area contributed by atoms with Crippen molar-refractivity contribution >= 4 is 56.6 Å². The van der Waals surface area contributed by atoms with E-state index in [1.165, 1.54) is 43.7 Å². The standard InChI is InChI=1S/C15H11ClF3NO4.C12H13N5O6S2/c1-2-23-14-8-10(4-5-12(14)20(21)22)24-13-6-3-9(7-11(13)16)15(17,18)19;1-6-13-10(16-12(14-6)23-3)15-11(19)17-25(20,21)7-4-5-24-8(7)9(18)22-2/h3-8H,2H2,1H3;4-5H,1-3H3,(H2,13,14,15,16,17,19). The lowest BCUT2D eigenvalue weighted by molar-refractivity contribution is -0.385. The van der Waals surface area contributed by atoms with Crippen molar-refractivity contribution in [2.75, 3.05) is 26.1 Å². The molecule has 262 valence electrons. The summed E-state index contributed by atoms with van der Waals surface area (Å²) in [5.41, 5.74) is -1.15. The molecule has 0 fully saturated rings. The number of hydrogen-bond acceptors (Lipinski definition) is 14. The molecule has 0 saturated carbocycles. The number of aryl methyl sites for hydroxylation is 1. The zero-order chi connectivity index (χ0) is 36.5. The topological polar surface area (TPSA) is 211 Å². The number of anilines is 1. The van der Waals surface area contributed by atoms with Gasteiger partial charge in [0.25, 0.3) is 10.0 Å². The minimum absolute atomic E-state index is 0.0111. The fourth-order valence-corrected chi connectivity index (χ4v) is 5.99. The Kier molecular flexibility index (Phi) is 12.6. The lowest BCUT2D eigenvalue weighted by Crippen LogP contribution is -2.35. The molecule has 2 aromatic heterocycles. The first-order valence-electron chi connectivity index (χ1n) is 13.2. The van der Waals surface area contributed by atoms with Crippen molar-refractivity contribution in [1.29, 1.82) is 0 Å². The smallest absolute Gasteiger partial charge is 0.416 e. The third-order valence-electron chi connectivity index (χ3n) is 5.57. The van der Waals surface area contributed by atoms with Gasteiger partial charge in [-0.3, -0.25) is 15.4 Å². The number of amides is 2. The van der Waals surface area contributed by atoms with Crippen molar-refractivity contribution in [3.05, 3.63) is 79.2 Å². The number of carbonyl (C=O) groups is 2. The number of nitro benzene ring substituents is 1. The maximum atomic E-state index is 12.6. The number of nitrogens with one attached hydrogen (secondary N) is 2. The first-order chi connectivity index (χ1) is 23.0. The number of sulfonamides is 1. The van der Waals surface area contributed by atoms with Crippen molar-refractivity contribution in [2.24, 2.45) is 0 Å². The summed E-state index contributed by atoms with van der Waals surface area (Å²) in [6.45, 7) is 3.40. The lowest BCUT2D eigenvalue weighted by atomic mass is 10.2. The average Bonchev–Trinajstić information content (AvgIpc) is 3.52. The predicted molar refractivity (Wildman–Crippen MR) is 167 cm³/mol. The number of halogens is 4. The van der Waals surface area contributed by atoms with Crippen LogP contribution in [-0.4, -0.2) is 61.1 Å². The minimum Gasteiger partial charge on any atom is -0.487 e. The van der Waals surface area contributed by atoms with E-state index in [1.54, 1.807) is 11.6 Å². The van der Waals surface area contributed by atoms with Crippen LogP contribution in [-0.2, 0) is 20.9 Å². The third-order valence-corrected chi connectivity index (χ3v) is 8.26. The molecule has 0 radical (unpaired) electrons. The van der Waals surface area contributed by atoms with E-state index in [-0.39, 0.29) is 62.1 Å². The Morgan fingerprint density at radius 3 is 2.37 bits per heavy atom. The lowest BCUT2D eigenvalue weighted by Gasteiger charge is -2.12. The van der Waals surface area contributed by atoms with Gasteiger partial charge in [0.2, 0.25) is 11.7 Å². The second-order valence-electron chi connectivity index (χ2n) is 8.92. The number of esters is 1. The third kappa shape index (κ3) is 10.4. The summed E-state index contributed by atoms with van der Waals surface area (Å²) < 4.78 is 84.0. The Hall–Kier alpha value is -5.28. The summed E-state index contributed by atoms with van der Waals surface area (Å²) in [6, 6.07) is 6.42. The first-order valence-corrected chi connectivity index (χ1v) is 15.9. The van der Waals surface area contributed by atoms with Crippen LogP contribution in [0.3, 0.4) is 0 Å². The van der Waals surface area contributed by atoms with Gasteiger partial charge in [-0.05, 0) is 49.6 Å². The molecule has 2 heterocycles. The van der Waals surface area contributed by atoms with Gasteiger partial charge in [-0.15, -0.1) is 11.3 Å². The van der Waals surface area contributed by atoms with E-state index in [0.717, 1.165) is 36.6 Å². The summed E-state index contributed by atoms with van der Waals surface area (Å²) in [5, 5.41) is 14.2. The van der Waals surface area contributed by atoms with Crippen molar-refractivity contribution in [3.63, 3.8) is 0 Å². The van der Waals surface area contributed by atoms with E-state index in [4.69, 9.17) is 25.8 Å². The summed E-state index contributed by atoms with van der Waals surface area (Å²) in [5.74, 6) is -0.644. The number of thiophene rings is 1. The van der Waals surface area contributed by atoms with Crippen molar-refractivity contribution in [2.45, 2.75) is 24.9 Å². The Morgan fingerprint density at radius 1 is 1.06 bits per heavy atom. The molecule has 2 N–H and O–H groups in total. The van der Waals surface area contributed by atoms with Crippen LogP contribution in [0, 0.1) is 17.0 Å². The van der Waals surface area contributed by atoms with Gasteiger partial charge in [0.1, 0.15) is 27.1 Å². The van der Waals surface area contributed by atoms with Gasteiger partial charge in [0.05, 0.1) is 36.3 Å². The Bertz CT molecular complexity index is 1960. The number of aromatic nitrogens is 3. The number of alkyl halides is 3. The average molecular weight is 749 g/mol. The molecule has 0 aliphatic rings. The molecule has 0 aliphatic heterocycles. The highest BCUT2D eigenvalue weighted by atomic mass is 35.5. The molecule has 4 rings (SSSR count). The molecular weight excluding hydrogens is 725 g/mol. The molecule has 0 spiro atoms. The van der Waals surface area contributed by atoms with E-state index < -0.39 is 38.7 Å². The molecule has 0 aliphatic carbocycles. The molecule has 22 heteroatoms. The zero-order valence-electron chi connectivity index (χ0n) is 25.5. The number of benzene rings is 2. The van der Waals surface area contributed by atoms with Crippen molar-refractivity contribution < 1.29 is 55.0 Å². The molecule has 4 aromatic rings. The molecule has 0 saturated heterocycles. The predicted octanol–water partition coefficient (Wildman–Crippen LogP) is 6.01. The highest BCUT2D eigenvalue weighted by Gasteiger charge is 2.31. The molecule has 49 heavy (non-hydrogen) atoms. The Balaban J connectivity index is 0.000000266. The maximum Gasteiger partial charge on any atom is 0.416 e. The van der Waals surface area contributed by atoms with Gasteiger partial charge in [-0.1, -0.05) is 11.6 Å². The van der Waals surface area contributed by atoms with Crippen LogP contribution in [0.1, 0.15) is 28.0 Å². The summed E-state index contributed by atoms with van der Waals surface area (Å²) in [4.78, 5) is 44.7. The summed E-state index contributed by atoms with van der Waals surface area (Å²) >= 11 is 6.68. The van der Waals surface area contributed by atoms with E-state index in [9.17, 15) is 41.3 Å². The van der Waals surface area contributed by atoms with Crippen LogP contribution >= 0.6 is 22.9 Å².